The molecule has 0 spiro atoms. The molecular formula is C16H22N4O2. The molecule has 0 bridgehead atoms. The van der Waals surface area contributed by atoms with Crippen molar-refractivity contribution in [3.8, 4) is 5.75 Å². The maximum absolute atomic E-state index is 10.2. The molecule has 0 amide bonds. The van der Waals surface area contributed by atoms with E-state index >= 15 is 0 Å². The Morgan fingerprint density at radius 1 is 1.32 bits per heavy atom. The zero-order valence-electron chi connectivity index (χ0n) is 12.8. The van der Waals surface area contributed by atoms with Crippen LogP contribution in [-0.2, 0) is 6.42 Å². The van der Waals surface area contributed by atoms with Crippen molar-refractivity contribution in [1.29, 1.82) is 0 Å². The van der Waals surface area contributed by atoms with Gasteiger partial charge in [0.25, 0.3) is 0 Å². The van der Waals surface area contributed by atoms with Crippen molar-refractivity contribution in [3.05, 3.63) is 35.7 Å². The molecule has 1 aromatic carbocycles. The van der Waals surface area contributed by atoms with Gasteiger partial charge in [0.15, 0.2) is 5.82 Å². The lowest BCUT2D eigenvalue weighted by Gasteiger charge is -2.38. The molecule has 2 N–H and O–H groups in total. The van der Waals surface area contributed by atoms with Gasteiger partial charge in [-0.2, -0.15) is 5.21 Å². The minimum absolute atomic E-state index is 0.137. The summed E-state index contributed by atoms with van der Waals surface area (Å²) in [4.78, 5) is 0. The quantitative estimate of drug-likeness (QED) is 0.883. The summed E-state index contributed by atoms with van der Waals surface area (Å²) in [6.45, 7) is 2.67. The van der Waals surface area contributed by atoms with Crippen LogP contribution in [0.4, 0.5) is 0 Å². The first-order valence-electron chi connectivity index (χ1n) is 7.78. The van der Waals surface area contributed by atoms with Gasteiger partial charge in [-0.1, -0.05) is 37.1 Å². The lowest BCUT2D eigenvalue weighted by atomic mass is 9.74. The van der Waals surface area contributed by atoms with Crippen molar-refractivity contribution in [2.24, 2.45) is 5.41 Å². The molecule has 3 rings (SSSR count). The Bertz CT molecular complexity index is 585. The van der Waals surface area contributed by atoms with Crippen LogP contribution in [0.1, 0.15) is 44.0 Å². The maximum atomic E-state index is 10.2. The average Bonchev–Trinajstić information content (AvgIpc) is 3.03. The number of aliphatic hydroxyl groups excluding tert-OH is 1. The SMILES string of the molecule is CC1(COc2ccc(Cc3nn[nH]n3)cc2)CCCCC1O. The fourth-order valence-electron chi connectivity index (χ4n) is 2.94. The average molecular weight is 302 g/mol. The monoisotopic (exact) mass is 302 g/mol. The number of aromatic nitrogens is 4. The van der Waals surface area contributed by atoms with Gasteiger partial charge in [-0.05, 0) is 30.5 Å². The molecule has 22 heavy (non-hydrogen) atoms. The molecule has 6 heteroatoms. The van der Waals surface area contributed by atoms with Crippen LogP contribution in [0, 0.1) is 5.41 Å². The van der Waals surface area contributed by atoms with Crippen LogP contribution >= 0.6 is 0 Å². The van der Waals surface area contributed by atoms with E-state index in [1.807, 2.05) is 24.3 Å². The van der Waals surface area contributed by atoms with E-state index in [9.17, 15) is 5.11 Å². The molecule has 2 aromatic rings. The minimum Gasteiger partial charge on any atom is -0.493 e. The third-order valence-corrected chi connectivity index (χ3v) is 4.52. The van der Waals surface area contributed by atoms with Crippen molar-refractivity contribution in [2.45, 2.75) is 45.1 Å². The van der Waals surface area contributed by atoms with E-state index in [2.05, 4.69) is 27.5 Å². The Morgan fingerprint density at radius 3 is 2.82 bits per heavy atom. The molecule has 1 saturated carbocycles. The molecule has 2 atom stereocenters. The van der Waals surface area contributed by atoms with Crippen molar-refractivity contribution >= 4 is 0 Å². The van der Waals surface area contributed by atoms with Gasteiger partial charge in [0.1, 0.15) is 5.75 Å². The summed E-state index contributed by atoms with van der Waals surface area (Å²) >= 11 is 0. The number of ether oxygens (including phenoxy) is 1. The van der Waals surface area contributed by atoms with Crippen molar-refractivity contribution in [1.82, 2.24) is 20.6 Å². The van der Waals surface area contributed by atoms with Crippen LogP contribution in [0.25, 0.3) is 0 Å². The highest BCUT2D eigenvalue weighted by atomic mass is 16.5. The fraction of sp³-hybridized carbons (Fsp3) is 0.562. The van der Waals surface area contributed by atoms with Crippen LogP contribution in [0.3, 0.4) is 0 Å². The van der Waals surface area contributed by atoms with E-state index in [1.54, 1.807) is 0 Å². The highest BCUT2D eigenvalue weighted by Crippen LogP contribution is 2.36. The minimum atomic E-state index is -0.265. The summed E-state index contributed by atoms with van der Waals surface area (Å²) in [6.07, 6.45) is 4.56. The molecular weight excluding hydrogens is 280 g/mol. The molecule has 0 radical (unpaired) electrons. The van der Waals surface area contributed by atoms with Gasteiger partial charge in [0.05, 0.1) is 12.7 Å². The molecule has 1 heterocycles. The number of nitrogens with one attached hydrogen (secondary N) is 1. The fourth-order valence-corrected chi connectivity index (χ4v) is 2.94. The van der Waals surface area contributed by atoms with Crippen LogP contribution in [0.2, 0.25) is 0 Å². The summed E-state index contributed by atoms with van der Waals surface area (Å²) < 4.78 is 5.90. The Kier molecular flexibility index (Phi) is 4.38. The predicted octanol–water partition coefficient (Wildman–Crippen LogP) is 2.11. The second kappa shape index (κ2) is 6.44. The topological polar surface area (TPSA) is 83.9 Å². The van der Waals surface area contributed by atoms with Crippen LogP contribution in [-0.4, -0.2) is 38.4 Å². The van der Waals surface area contributed by atoms with Crippen LogP contribution in [0.5, 0.6) is 5.75 Å². The van der Waals surface area contributed by atoms with Gasteiger partial charge < -0.3 is 9.84 Å². The largest absolute Gasteiger partial charge is 0.493 e. The van der Waals surface area contributed by atoms with E-state index < -0.39 is 0 Å². The normalized spacial score (nSPS) is 25.1. The molecule has 0 aliphatic heterocycles. The third kappa shape index (κ3) is 3.44. The second-order valence-electron chi connectivity index (χ2n) is 6.35. The van der Waals surface area contributed by atoms with Gasteiger partial charge in [0.2, 0.25) is 0 Å². The Labute approximate surface area is 129 Å². The van der Waals surface area contributed by atoms with Gasteiger partial charge >= 0.3 is 0 Å². The van der Waals surface area contributed by atoms with E-state index in [0.29, 0.717) is 18.9 Å². The zero-order chi connectivity index (χ0) is 15.4. The molecule has 1 aliphatic carbocycles. The number of aliphatic hydroxyl groups is 1. The highest BCUT2D eigenvalue weighted by molar-refractivity contribution is 5.28. The lowest BCUT2D eigenvalue weighted by molar-refractivity contribution is -0.0282. The van der Waals surface area contributed by atoms with Gasteiger partial charge in [-0.25, -0.2) is 0 Å². The van der Waals surface area contributed by atoms with Crippen LogP contribution in [0.15, 0.2) is 24.3 Å². The number of aromatic amines is 1. The predicted molar refractivity (Wildman–Crippen MR) is 81.5 cm³/mol. The second-order valence-corrected chi connectivity index (χ2v) is 6.35. The van der Waals surface area contributed by atoms with Crippen molar-refractivity contribution < 1.29 is 9.84 Å². The molecule has 6 nitrogen and oxygen atoms in total. The molecule has 1 fully saturated rings. The van der Waals surface area contributed by atoms with E-state index in [1.165, 1.54) is 6.42 Å². The summed E-state index contributed by atoms with van der Waals surface area (Å²) in [5.41, 5.74) is 0.972. The summed E-state index contributed by atoms with van der Waals surface area (Å²) in [5, 5.41) is 24.1. The Morgan fingerprint density at radius 2 is 2.14 bits per heavy atom. The third-order valence-electron chi connectivity index (χ3n) is 4.52. The number of hydrogen-bond donors (Lipinski definition) is 2. The van der Waals surface area contributed by atoms with Gasteiger partial charge in [0, 0.05) is 11.8 Å². The molecule has 0 saturated heterocycles. The number of benzene rings is 1. The molecule has 1 aliphatic rings. The smallest absolute Gasteiger partial charge is 0.178 e. The first kappa shape index (κ1) is 15.0. The number of hydrogen-bond acceptors (Lipinski definition) is 5. The molecule has 118 valence electrons. The van der Waals surface area contributed by atoms with E-state index in [-0.39, 0.29) is 11.5 Å². The number of tetrazole rings is 1. The van der Waals surface area contributed by atoms with E-state index in [0.717, 1.165) is 30.6 Å². The standard InChI is InChI=1S/C16H22N4O2/c1-16(9-3-2-4-14(16)21)11-22-13-7-5-12(6-8-13)10-15-17-19-20-18-15/h5-8,14,21H,2-4,9-11H2,1H3,(H,17,18,19,20). The maximum Gasteiger partial charge on any atom is 0.178 e. The first-order valence-corrected chi connectivity index (χ1v) is 7.78. The van der Waals surface area contributed by atoms with E-state index in [4.69, 9.17) is 4.74 Å². The van der Waals surface area contributed by atoms with Crippen LogP contribution < -0.4 is 4.74 Å². The molecule has 1 aromatic heterocycles. The Hall–Kier alpha value is -1.95. The number of H-pyrrole nitrogens is 1. The highest BCUT2D eigenvalue weighted by Gasteiger charge is 2.36. The number of rotatable bonds is 5. The van der Waals surface area contributed by atoms with Crippen molar-refractivity contribution in [3.63, 3.8) is 0 Å². The lowest BCUT2D eigenvalue weighted by Crippen LogP contribution is -2.40. The van der Waals surface area contributed by atoms with Gasteiger partial charge in [-0.15, -0.1) is 10.2 Å². The Balaban J connectivity index is 1.57. The summed E-state index contributed by atoms with van der Waals surface area (Å²) in [6, 6.07) is 7.92. The zero-order valence-corrected chi connectivity index (χ0v) is 12.8. The summed E-state index contributed by atoms with van der Waals surface area (Å²) in [5.74, 6) is 1.50. The summed E-state index contributed by atoms with van der Waals surface area (Å²) in [7, 11) is 0. The molecule has 2 unspecified atom stereocenters. The number of nitrogens with zero attached hydrogens (tertiary/aromatic N) is 3. The van der Waals surface area contributed by atoms with Crippen molar-refractivity contribution in [2.75, 3.05) is 6.61 Å². The van der Waals surface area contributed by atoms with Gasteiger partial charge in [-0.3, -0.25) is 0 Å². The first-order chi connectivity index (χ1) is 10.7.